The van der Waals surface area contributed by atoms with Gasteiger partial charge in [0.25, 0.3) is 0 Å². The average molecular weight is 399 g/mol. The Balaban J connectivity index is 1.49. The highest BCUT2D eigenvalue weighted by Gasteiger charge is 2.07. The number of aryl methyl sites for hydroxylation is 2. The molecule has 0 amide bonds. The van der Waals surface area contributed by atoms with E-state index in [0.29, 0.717) is 0 Å². The smallest absolute Gasteiger partial charge is 0.0215 e. The van der Waals surface area contributed by atoms with Gasteiger partial charge in [0.05, 0.1) is 0 Å². The van der Waals surface area contributed by atoms with E-state index in [2.05, 4.69) is 111 Å². The third kappa shape index (κ3) is 4.35. The fourth-order valence-corrected chi connectivity index (χ4v) is 5.66. The van der Waals surface area contributed by atoms with Crippen LogP contribution >= 0.6 is 21.6 Å². The van der Waals surface area contributed by atoms with Crippen molar-refractivity contribution in [3.63, 3.8) is 0 Å². The molecule has 4 aromatic rings. The average Bonchev–Trinajstić information content (AvgIpc) is 2.75. The Hall–Kier alpha value is -2.42. The number of hydrogen-bond donors (Lipinski definition) is 0. The van der Waals surface area contributed by atoms with Crippen molar-refractivity contribution in [3.05, 3.63) is 108 Å². The molecule has 4 aromatic carbocycles. The summed E-state index contributed by atoms with van der Waals surface area (Å²) in [6.45, 7) is 4.39. The molecule has 0 nitrogen and oxygen atoms in total. The second-order valence-electron chi connectivity index (χ2n) is 6.86. The van der Waals surface area contributed by atoms with Gasteiger partial charge in [-0.3, -0.25) is 0 Å². The first-order valence-electron chi connectivity index (χ1n) is 9.37. The Bertz CT molecular complexity index is 981. The van der Waals surface area contributed by atoms with Crippen molar-refractivity contribution >= 4 is 21.6 Å². The predicted octanol–water partition coefficient (Wildman–Crippen LogP) is 8.44. The van der Waals surface area contributed by atoms with Crippen LogP contribution in [0.15, 0.2) is 107 Å². The van der Waals surface area contributed by atoms with Crippen molar-refractivity contribution in [2.75, 3.05) is 0 Å². The van der Waals surface area contributed by atoms with Gasteiger partial charge in [0.2, 0.25) is 0 Å². The van der Waals surface area contributed by atoms with Gasteiger partial charge in [-0.1, -0.05) is 107 Å². The van der Waals surface area contributed by atoms with Gasteiger partial charge >= 0.3 is 0 Å². The van der Waals surface area contributed by atoms with E-state index in [4.69, 9.17) is 0 Å². The third-order valence-corrected chi connectivity index (χ3v) is 7.47. The first kappa shape index (κ1) is 18.9. The quantitative estimate of drug-likeness (QED) is 0.309. The Morgan fingerprint density at radius 3 is 1.18 bits per heavy atom. The number of benzene rings is 4. The molecule has 0 radical (unpaired) electrons. The zero-order valence-electron chi connectivity index (χ0n) is 16.1. The Labute approximate surface area is 175 Å². The number of hydrogen-bond acceptors (Lipinski definition) is 2. The SMILES string of the molecule is Cc1cc(-c2ccccc2)ccc1SSc1ccc(-c2ccccc2)cc1C. The van der Waals surface area contributed by atoms with Crippen molar-refractivity contribution in [1.82, 2.24) is 0 Å². The maximum atomic E-state index is 2.28. The minimum atomic E-state index is 1.27. The molecule has 0 spiro atoms. The van der Waals surface area contributed by atoms with Crippen LogP contribution in [0.5, 0.6) is 0 Å². The molecule has 0 aromatic heterocycles. The second kappa shape index (κ2) is 8.72. The van der Waals surface area contributed by atoms with Crippen LogP contribution < -0.4 is 0 Å². The molecule has 2 heteroatoms. The van der Waals surface area contributed by atoms with Gasteiger partial charge in [0.15, 0.2) is 0 Å². The lowest BCUT2D eigenvalue weighted by Crippen LogP contribution is -1.84. The second-order valence-corrected chi connectivity index (χ2v) is 9.07. The van der Waals surface area contributed by atoms with Gasteiger partial charge < -0.3 is 0 Å². The molecule has 0 aliphatic rings. The van der Waals surface area contributed by atoms with E-state index < -0.39 is 0 Å². The summed E-state index contributed by atoms with van der Waals surface area (Å²) in [5.74, 6) is 0. The highest BCUT2D eigenvalue weighted by Crippen LogP contribution is 2.41. The topological polar surface area (TPSA) is 0 Å². The minimum absolute atomic E-state index is 1.27. The van der Waals surface area contributed by atoms with Crippen molar-refractivity contribution in [1.29, 1.82) is 0 Å². The van der Waals surface area contributed by atoms with Crippen LogP contribution in [0.25, 0.3) is 22.3 Å². The van der Waals surface area contributed by atoms with Gasteiger partial charge in [-0.2, -0.15) is 0 Å². The normalized spacial score (nSPS) is 10.8. The molecule has 0 aliphatic heterocycles. The fraction of sp³-hybridized carbons (Fsp3) is 0.0769. The molecule has 0 atom stereocenters. The Morgan fingerprint density at radius 1 is 0.429 bits per heavy atom. The van der Waals surface area contributed by atoms with Crippen LogP contribution in [0.2, 0.25) is 0 Å². The predicted molar refractivity (Wildman–Crippen MR) is 125 cm³/mol. The van der Waals surface area contributed by atoms with E-state index in [9.17, 15) is 0 Å². The van der Waals surface area contributed by atoms with Crippen molar-refractivity contribution < 1.29 is 0 Å². The summed E-state index contributed by atoms with van der Waals surface area (Å²) in [6.07, 6.45) is 0. The van der Waals surface area contributed by atoms with Crippen LogP contribution in [0.4, 0.5) is 0 Å². The summed E-state index contributed by atoms with van der Waals surface area (Å²) >= 11 is 0. The van der Waals surface area contributed by atoms with E-state index in [-0.39, 0.29) is 0 Å². The first-order valence-corrected chi connectivity index (χ1v) is 11.5. The summed E-state index contributed by atoms with van der Waals surface area (Å²) in [5, 5.41) is 0. The van der Waals surface area contributed by atoms with E-state index >= 15 is 0 Å². The van der Waals surface area contributed by atoms with Crippen LogP contribution in [-0.2, 0) is 0 Å². The van der Waals surface area contributed by atoms with Gasteiger partial charge in [0, 0.05) is 9.79 Å². The first-order chi connectivity index (χ1) is 13.7. The summed E-state index contributed by atoms with van der Waals surface area (Å²) < 4.78 is 0. The molecule has 0 N–H and O–H groups in total. The lowest BCUT2D eigenvalue weighted by molar-refractivity contribution is 1.30. The van der Waals surface area contributed by atoms with Crippen molar-refractivity contribution in [2.45, 2.75) is 23.6 Å². The zero-order valence-corrected chi connectivity index (χ0v) is 17.7. The standard InChI is InChI=1S/C26H22S2/c1-19-17-23(21-9-5-3-6-10-21)13-15-25(19)27-28-26-16-14-24(18-20(26)2)22-11-7-4-8-12-22/h3-18H,1-2H3. The zero-order chi connectivity index (χ0) is 19.3. The summed E-state index contributed by atoms with van der Waals surface area (Å²) in [4.78, 5) is 2.63. The lowest BCUT2D eigenvalue weighted by atomic mass is 10.0. The molecule has 0 unspecified atom stereocenters. The summed E-state index contributed by atoms with van der Waals surface area (Å²) in [7, 11) is 3.67. The van der Waals surface area contributed by atoms with Gasteiger partial charge in [-0.25, -0.2) is 0 Å². The van der Waals surface area contributed by atoms with Gasteiger partial charge in [-0.15, -0.1) is 0 Å². The molecule has 0 saturated heterocycles. The van der Waals surface area contributed by atoms with E-state index in [0.717, 1.165) is 0 Å². The molecule has 0 fully saturated rings. The van der Waals surface area contributed by atoms with Crippen molar-refractivity contribution in [2.24, 2.45) is 0 Å². The maximum absolute atomic E-state index is 2.28. The van der Waals surface area contributed by atoms with Gasteiger partial charge in [0.1, 0.15) is 0 Å². The largest absolute Gasteiger partial charge is 0.0622 e. The fourth-order valence-electron chi connectivity index (χ4n) is 3.20. The Morgan fingerprint density at radius 2 is 0.821 bits per heavy atom. The molecular formula is C26H22S2. The molecule has 28 heavy (non-hydrogen) atoms. The molecule has 0 aliphatic carbocycles. The lowest BCUT2D eigenvalue weighted by Gasteiger charge is -2.11. The highest BCUT2D eigenvalue weighted by molar-refractivity contribution is 8.76. The van der Waals surface area contributed by atoms with E-state index in [1.54, 1.807) is 0 Å². The summed E-state index contributed by atoms with van der Waals surface area (Å²) in [5.41, 5.74) is 7.71. The minimum Gasteiger partial charge on any atom is -0.0622 e. The third-order valence-electron chi connectivity index (χ3n) is 4.79. The van der Waals surface area contributed by atoms with E-state index in [1.807, 2.05) is 21.6 Å². The number of rotatable bonds is 5. The molecular weight excluding hydrogens is 376 g/mol. The molecule has 0 saturated carbocycles. The van der Waals surface area contributed by atoms with Crippen LogP contribution in [-0.4, -0.2) is 0 Å². The Kier molecular flexibility index (Phi) is 5.90. The van der Waals surface area contributed by atoms with Crippen LogP contribution in [0.1, 0.15) is 11.1 Å². The molecule has 138 valence electrons. The van der Waals surface area contributed by atoms with Gasteiger partial charge in [-0.05, 0) is 59.4 Å². The molecule has 0 heterocycles. The summed E-state index contributed by atoms with van der Waals surface area (Å²) in [6, 6.07) is 34.6. The molecule has 0 bridgehead atoms. The van der Waals surface area contributed by atoms with Crippen molar-refractivity contribution in [3.8, 4) is 22.3 Å². The monoisotopic (exact) mass is 398 g/mol. The molecule has 4 rings (SSSR count). The van der Waals surface area contributed by atoms with Crippen LogP contribution in [0, 0.1) is 13.8 Å². The van der Waals surface area contributed by atoms with E-state index in [1.165, 1.54) is 43.2 Å². The highest BCUT2D eigenvalue weighted by atomic mass is 33.1. The maximum Gasteiger partial charge on any atom is 0.0215 e. The van der Waals surface area contributed by atoms with Crippen LogP contribution in [0.3, 0.4) is 0 Å².